The molecule has 2 rings (SSSR count). The molecule has 0 saturated carbocycles. The van der Waals surface area contributed by atoms with Crippen LogP contribution < -0.4 is 14.8 Å². The summed E-state index contributed by atoms with van der Waals surface area (Å²) >= 11 is 0. The maximum atomic E-state index is 12.3. The molecular formula is C17H21N3O3. The van der Waals surface area contributed by atoms with Gasteiger partial charge in [-0.05, 0) is 38.0 Å². The Hall–Kier alpha value is -2.63. The molecule has 0 bridgehead atoms. The van der Waals surface area contributed by atoms with Crippen LogP contribution in [0.3, 0.4) is 0 Å². The van der Waals surface area contributed by atoms with E-state index in [9.17, 15) is 4.79 Å². The summed E-state index contributed by atoms with van der Waals surface area (Å²) in [5.74, 6) is 0.693. The van der Waals surface area contributed by atoms with Crippen molar-refractivity contribution >= 4 is 11.6 Å². The standard InChI is InChI=1S/C17H21N3O3/c1-10-8-13(6-7-14(10)22-4)9-15(21)20-16-11(2)18-17(23-5)19-12(16)3/h6-8H,9H2,1-5H3,(H,20,21). The van der Waals surface area contributed by atoms with Crippen LogP contribution in [-0.4, -0.2) is 30.1 Å². The molecule has 0 aliphatic rings. The zero-order valence-corrected chi connectivity index (χ0v) is 14.1. The molecule has 1 aromatic heterocycles. The highest BCUT2D eigenvalue weighted by molar-refractivity contribution is 5.93. The number of ether oxygens (including phenoxy) is 2. The van der Waals surface area contributed by atoms with Crippen LogP contribution in [0.25, 0.3) is 0 Å². The monoisotopic (exact) mass is 315 g/mol. The highest BCUT2D eigenvalue weighted by atomic mass is 16.5. The molecule has 0 saturated heterocycles. The van der Waals surface area contributed by atoms with Crippen molar-refractivity contribution in [1.29, 1.82) is 0 Å². The number of benzene rings is 1. The van der Waals surface area contributed by atoms with Crippen molar-refractivity contribution in [2.24, 2.45) is 0 Å². The van der Waals surface area contributed by atoms with Gasteiger partial charge in [-0.1, -0.05) is 12.1 Å². The van der Waals surface area contributed by atoms with Gasteiger partial charge in [0.25, 0.3) is 0 Å². The summed E-state index contributed by atoms with van der Waals surface area (Å²) in [6.07, 6.45) is 0.274. The first-order chi connectivity index (χ1) is 10.9. The van der Waals surface area contributed by atoms with E-state index >= 15 is 0 Å². The SMILES string of the molecule is COc1nc(C)c(NC(=O)Cc2ccc(OC)c(C)c2)c(C)n1. The van der Waals surface area contributed by atoms with Crippen molar-refractivity contribution in [1.82, 2.24) is 9.97 Å². The van der Waals surface area contributed by atoms with Gasteiger partial charge in [0.15, 0.2) is 0 Å². The second kappa shape index (κ2) is 7.09. The fourth-order valence-electron chi connectivity index (χ4n) is 2.38. The third kappa shape index (κ3) is 3.97. The first kappa shape index (κ1) is 16.7. The summed E-state index contributed by atoms with van der Waals surface area (Å²) in [6.45, 7) is 5.57. The van der Waals surface area contributed by atoms with Gasteiger partial charge in [-0.2, -0.15) is 9.97 Å². The predicted octanol–water partition coefficient (Wildman–Crippen LogP) is 2.60. The van der Waals surface area contributed by atoms with E-state index in [0.717, 1.165) is 16.9 Å². The Labute approximate surface area is 135 Å². The molecule has 2 aromatic rings. The Balaban J connectivity index is 2.12. The van der Waals surface area contributed by atoms with E-state index < -0.39 is 0 Å². The lowest BCUT2D eigenvalue weighted by atomic mass is 10.1. The molecule has 1 aromatic carbocycles. The van der Waals surface area contributed by atoms with E-state index in [0.29, 0.717) is 23.1 Å². The molecule has 1 N–H and O–H groups in total. The number of carbonyl (C=O) groups is 1. The highest BCUT2D eigenvalue weighted by Gasteiger charge is 2.13. The topological polar surface area (TPSA) is 73.3 Å². The summed E-state index contributed by atoms with van der Waals surface area (Å²) in [7, 11) is 3.14. The Morgan fingerprint density at radius 1 is 1.09 bits per heavy atom. The van der Waals surface area contributed by atoms with Gasteiger partial charge in [0.2, 0.25) is 5.91 Å². The van der Waals surface area contributed by atoms with Gasteiger partial charge in [0.1, 0.15) is 5.75 Å². The van der Waals surface area contributed by atoms with Gasteiger partial charge in [-0.3, -0.25) is 4.79 Å². The predicted molar refractivity (Wildman–Crippen MR) is 88.1 cm³/mol. The molecule has 0 atom stereocenters. The van der Waals surface area contributed by atoms with Crippen molar-refractivity contribution in [2.45, 2.75) is 27.2 Å². The molecule has 0 radical (unpaired) electrons. The fourth-order valence-corrected chi connectivity index (χ4v) is 2.38. The zero-order valence-electron chi connectivity index (χ0n) is 14.1. The Morgan fingerprint density at radius 3 is 2.26 bits per heavy atom. The normalized spacial score (nSPS) is 10.3. The van der Waals surface area contributed by atoms with Crippen molar-refractivity contribution in [3.05, 3.63) is 40.7 Å². The van der Waals surface area contributed by atoms with Crippen molar-refractivity contribution < 1.29 is 14.3 Å². The summed E-state index contributed by atoms with van der Waals surface area (Å²) in [5, 5.41) is 2.88. The molecule has 6 nitrogen and oxygen atoms in total. The molecule has 0 aliphatic carbocycles. The summed E-state index contributed by atoms with van der Waals surface area (Å²) < 4.78 is 10.2. The number of nitrogens with one attached hydrogen (secondary N) is 1. The largest absolute Gasteiger partial charge is 0.496 e. The lowest BCUT2D eigenvalue weighted by Gasteiger charge is -2.12. The van der Waals surface area contributed by atoms with Crippen molar-refractivity contribution in [3.8, 4) is 11.8 Å². The van der Waals surface area contributed by atoms with Gasteiger partial charge in [0.05, 0.1) is 37.7 Å². The maximum absolute atomic E-state index is 12.3. The second-order valence-electron chi connectivity index (χ2n) is 5.29. The van der Waals surface area contributed by atoms with Crippen LogP contribution in [0, 0.1) is 20.8 Å². The number of carbonyl (C=O) groups excluding carboxylic acids is 1. The van der Waals surface area contributed by atoms with E-state index in [1.165, 1.54) is 7.11 Å². The summed E-state index contributed by atoms with van der Waals surface area (Å²) in [6, 6.07) is 5.99. The van der Waals surface area contributed by atoms with Crippen LogP contribution in [0.4, 0.5) is 5.69 Å². The molecule has 122 valence electrons. The van der Waals surface area contributed by atoms with Gasteiger partial charge >= 0.3 is 6.01 Å². The molecule has 0 fully saturated rings. The molecule has 0 aliphatic heterocycles. The van der Waals surface area contributed by atoms with Crippen molar-refractivity contribution in [3.63, 3.8) is 0 Å². The molecule has 1 amide bonds. The van der Waals surface area contributed by atoms with Crippen molar-refractivity contribution in [2.75, 3.05) is 19.5 Å². The minimum atomic E-state index is -0.116. The third-order valence-corrected chi connectivity index (χ3v) is 3.52. The first-order valence-electron chi connectivity index (χ1n) is 7.27. The van der Waals surface area contributed by atoms with Crippen LogP contribution in [0.5, 0.6) is 11.8 Å². The number of anilines is 1. The number of aromatic nitrogens is 2. The lowest BCUT2D eigenvalue weighted by Crippen LogP contribution is -2.17. The van der Waals surface area contributed by atoms with Gasteiger partial charge in [-0.15, -0.1) is 0 Å². The summed E-state index contributed by atoms with van der Waals surface area (Å²) in [5.41, 5.74) is 3.90. The molecule has 6 heteroatoms. The second-order valence-corrected chi connectivity index (χ2v) is 5.29. The smallest absolute Gasteiger partial charge is 0.316 e. The third-order valence-electron chi connectivity index (χ3n) is 3.52. The zero-order chi connectivity index (χ0) is 17.0. The van der Waals surface area contributed by atoms with Gasteiger partial charge in [-0.25, -0.2) is 0 Å². The average molecular weight is 315 g/mol. The quantitative estimate of drug-likeness (QED) is 0.918. The molecular weight excluding hydrogens is 294 g/mol. The molecule has 0 spiro atoms. The molecule has 23 heavy (non-hydrogen) atoms. The number of rotatable bonds is 5. The first-order valence-corrected chi connectivity index (χ1v) is 7.27. The maximum Gasteiger partial charge on any atom is 0.316 e. The van der Waals surface area contributed by atoms with E-state index in [-0.39, 0.29) is 12.3 Å². The molecule has 0 unspecified atom stereocenters. The van der Waals surface area contributed by atoms with E-state index in [2.05, 4.69) is 15.3 Å². The Kier molecular flexibility index (Phi) is 5.16. The fraction of sp³-hybridized carbons (Fsp3) is 0.353. The molecule has 1 heterocycles. The minimum absolute atomic E-state index is 0.116. The van der Waals surface area contributed by atoms with E-state index in [4.69, 9.17) is 9.47 Å². The van der Waals surface area contributed by atoms with Gasteiger partial charge < -0.3 is 14.8 Å². The van der Waals surface area contributed by atoms with E-state index in [1.807, 2.05) is 39.0 Å². The number of nitrogens with zero attached hydrogens (tertiary/aromatic N) is 2. The number of hydrogen-bond donors (Lipinski definition) is 1. The number of amides is 1. The Bertz CT molecular complexity index is 706. The summed E-state index contributed by atoms with van der Waals surface area (Å²) in [4.78, 5) is 20.6. The highest BCUT2D eigenvalue weighted by Crippen LogP contribution is 2.21. The lowest BCUT2D eigenvalue weighted by molar-refractivity contribution is -0.115. The van der Waals surface area contributed by atoms with E-state index in [1.54, 1.807) is 7.11 Å². The van der Waals surface area contributed by atoms with Crippen LogP contribution >= 0.6 is 0 Å². The van der Waals surface area contributed by atoms with Crippen LogP contribution in [-0.2, 0) is 11.2 Å². The average Bonchev–Trinajstić information content (AvgIpc) is 2.50. The number of methoxy groups -OCH3 is 2. The van der Waals surface area contributed by atoms with Crippen LogP contribution in [0.2, 0.25) is 0 Å². The minimum Gasteiger partial charge on any atom is -0.496 e. The Morgan fingerprint density at radius 2 is 1.74 bits per heavy atom. The van der Waals surface area contributed by atoms with Gasteiger partial charge in [0, 0.05) is 0 Å². The number of aryl methyl sites for hydroxylation is 3. The van der Waals surface area contributed by atoms with Crippen LogP contribution in [0.1, 0.15) is 22.5 Å². The number of hydrogen-bond acceptors (Lipinski definition) is 5. The van der Waals surface area contributed by atoms with Crippen LogP contribution in [0.15, 0.2) is 18.2 Å².